The zero-order chi connectivity index (χ0) is 17.7. The zero-order valence-electron chi connectivity index (χ0n) is 13.9. The Kier molecular flexibility index (Phi) is 5.83. The Morgan fingerprint density at radius 1 is 1.33 bits per heavy atom. The van der Waals surface area contributed by atoms with Gasteiger partial charge in [0.25, 0.3) is 5.91 Å². The Hall–Kier alpha value is -2.51. The van der Waals surface area contributed by atoms with Gasteiger partial charge in [-0.05, 0) is 42.2 Å². The van der Waals surface area contributed by atoms with Crippen LogP contribution in [0.5, 0.6) is 5.75 Å². The Balaban J connectivity index is 2.06. The molecule has 0 radical (unpaired) electrons. The van der Waals surface area contributed by atoms with Gasteiger partial charge >= 0.3 is 0 Å². The third-order valence-corrected chi connectivity index (χ3v) is 3.91. The average molecular weight is 343 g/mol. The van der Waals surface area contributed by atoms with Crippen molar-refractivity contribution in [1.29, 1.82) is 5.26 Å². The number of amides is 1. The van der Waals surface area contributed by atoms with Crippen LogP contribution in [0.2, 0.25) is 5.02 Å². The smallest absolute Gasteiger partial charge is 0.262 e. The van der Waals surface area contributed by atoms with Crippen molar-refractivity contribution in [3.8, 4) is 11.8 Å². The number of nitrogens with zero attached hydrogens (tertiary/aromatic N) is 1. The lowest BCUT2D eigenvalue weighted by atomic mass is 9.98. The fraction of sp³-hybridized carbons (Fsp3) is 0.263. The summed E-state index contributed by atoms with van der Waals surface area (Å²) in [5.74, 6) is 0.417. The summed E-state index contributed by atoms with van der Waals surface area (Å²) in [7, 11) is 0. The monoisotopic (exact) mass is 342 g/mol. The van der Waals surface area contributed by atoms with Crippen molar-refractivity contribution in [2.75, 3.05) is 11.9 Å². The molecule has 0 heterocycles. The minimum absolute atomic E-state index is 0.155. The van der Waals surface area contributed by atoms with E-state index in [2.05, 4.69) is 19.2 Å². The maximum Gasteiger partial charge on any atom is 0.262 e. The number of halogens is 1. The fourth-order valence-corrected chi connectivity index (χ4v) is 2.58. The van der Waals surface area contributed by atoms with Gasteiger partial charge in [0.05, 0.1) is 16.7 Å². The second-order valence-electron chi connectivity index (χ2n) is 5.79. The Bertz CT molecular complexity index is 794. The van der Waals surface area contributed by atoms with Gasteiger partial charge < -0.3 is 10.1 Å². The van der Waals surface area contributed by atoms with Crippen molar-refractivity contribution in [3.63, 3.8) is 0 Å². The topological polar surface area (TPSA) is 62.1 Å². The molecule has 1 N–H and O–H groups in total. The van der Waals surface area contributed by atoms with Crippen LogP contribution in [-0.2, 0) is 4.79 Å². The van der Waals surface area contributed by atoms with Crippen LogP contribution in [0, 0.1) is 18.3 Å². The van der Waals surface area contributed by atoms with Crippen molar-refractivity contribution in [2.45, 2.75) is 26.7 Å². The molecule has 0 aliphatic carbocycles. The summed E-state index contributed by atoms with van der Waals surface area (Å²) < 4.78 is 5.46. The number of hydrogen-bond donors (Lipinski definition) is 1. The fourth-order valence-electron chi connectivity index (χ4n) is 2.35. The molecule has 0 aliphatic heterocycles. The third-order valence-electron chi connectivity index (χ3n) is 3.61. The molecular formula is C19H19ClN2O2. The molecule has 1 amide bonds. The molecule has 0 saturated carbocycles. The van der Waals surface area contributed by atoms with Gasteiger partial charge in [-0.25, -0.2) is 0 Å². The van der Waals surface area contributed by atoms with Gasteiger partial charge in [0.2, 0.25) is 0 Å². The molecule has 0 bridgehead atoms. The number of nitriles is 1. The lowest BCUT2D eigenvalue weighted by Crippen LogP contribution is -2.21. The van der Waals surface area contributed by atoms with E-state index in [4.69, 9.17) is 21.6 Å². The number of carbonyl (C=O) groups is 1. The molecule has 0 saturated heterocycles. The third kappa shape index (κ3) is 4.27. The lowest BCUT2D eigenvalue weighted by molar-refractivity contribution is -0.118. The highest BCUT2D eigenvalue weighted by atomic mass is 35.5. The van der Waals surface area contributed by atoms with E-state index in [0.29, 0.717) is 22.3 Å². The number of rotatable bonds is 5. The average Bonchev–Trinajstić information content (AvgIpc) is 2.55. The van der Waals surface area contributed by atoms with Gasteiger partial charge in [-0.1, -0.05) is 43.6 Å². The van der Waals surface area contributed by atoms with Gasteiger partial charge in [0.1, 0.15) is 5.75 Å². The summed E-state index contributed by atoms with van der Waals surface area (Å²) >= 11 is 6.04. The normalized spacial score (nSPS) is 10.3. The second kappa shape index (κ2) is 7.85. The van der Waals surface area contributed by atoms with Crippen molar-refractivity contribution in [3.05, 3.63) is 58.1 Å². The minimum atomic E-state index is -0.258. The van der Waals surface area contributed by atoms with Gasteiger partial charge in [0.15, 0.2) is 6.61 Å². The summed E-state index contributed by atoms with van der Waals surface area (Å²) in [5.41, 5.74) is 3.36. The zero-order valence-corrected chi connectivity index (χ0v) is 14.6. The number of benzene rings is 2. The molecule has 2 rings (SSSR count). The molecular weight excluding hydrogens is 324 g/mol. The molecule has 2 aromatic carbocycles. The predicted molar refractivity (Wildman–Crippen MR) is 95.6 cm³/mol. The minimum Gasteiger partial charge on any atom is -0.482 e. The van der Waals surface area contributed by atoms with Crippen LogP contribution in [0.4, 0.5) is 5.69 Å². The van der Waals surface area contributed by atoms with E-state index in [1.165, 1.54) is 6.07 Å². The van der Waals surface area contributed by atoms with Gasteiger partial charge in [-0.3, -0.25) is 4.79 Å². The molecule has 5 heteroatoms. The molecule has 0 unspecified atom stereocenters. The molecule has 2 aromatic rings. The van der Waals surface area contributed by atoms with E-state index >= 15 is 0 Å². The number of nitrogens with one attached hydrogen (secondary N) is 1. The first-order chi connectivity index (χ1) is 11.4. The molecule has 124 valence electrons. The Labute approximate surface area is 147 Å². The first-order valence-corrected chi connectivity index (χ1v) is 8.02. The summed E-state index contributed by atoms with van der Waals surface area (Å²) in [6.45, 7) is 5.96. The molecule has 0 spiro atoms. The summed E-state index contributed by atoms with van der Waals surface area (Å²) in [5, 5.41) is 12.0. The van der Waals surface area contributed by atoms with Gasteiger partial charge in [-0.15, -0.1) is 0 Å². The van der Waals surface area contributed by atoms with Crippen molar-refractivity contribution >= 4 is 23.2 Å². The molecule has 0 fully saturated rings. The lowest BCUT2D eigenvalue weighted by Gasteiger charge is -2.16. The molecule has 0 aromatic heterocycles. The highest BCUT2D eigenvalue weighted by Gasteiger charge is 2.13. The molecule has 0 aliphatic rings. The summed E-state index contributed by atoms with van der Waals surface area (Å²) in [4.78, 5) is 12.2. The quantitative estimate of drug-likeness (QED) is 0.859. The number of hydrogen-bond acceptors (Lipinski definition) is 3. The largest absolute Gasteiger partial charge is 0.482 e. The van der Waals surface area contributed by atoms with E-state index in [9.17, 15) is 4.79 Å². The van der Waals surface area contributed by atoms with Crippen LogP contribution in [0.25, 0.3) is 0 Å². The first kappa shape index (κ1) is 17.8. The van der Waals surface area contributed by atoms with Crippen LogP contribution in [0.3, 0.4) is 0 Å². The predicted octanol–water partition coefficient (Wildman–Crippen LogP) is 4.66. The van der Waals surface area contributed by atoms with Crippen LogP contribution in [0.15, 0.2) is 36.4 Å². The van der Waals surface area contributed by atoms with Gasteiger partial charge in [-0.2, -0.15) is 5.26 Å². The maximum atomic E-state index is 12.2. The Morgan fingerprint density at radius 2 is 2.08 bits per heavy atom. The Morgan fingerprint density at radius 3 is 2.71 bits per heavy atom. The van der Waals surface area contributed by atoms with E-state index in [-0.39, 0.29) is 12.5 Å². The van der Waals surface area contributed by atoms with Crippen LogP contribution < -0.4 is 10.1 Å². The van der Waals surface area contributed by atoms with E-state index in [0.717, 1.165) is 16.8 Å². The number of anilines is 1. The molecule has 24 heavy (non-hydrogen) atoms. The van der Waals surface area contributed by atoms with Crippen molar-refractivity contribution in [1.82, 2.24) is 0 Å². The summed E-state index contributed by atoms with van der Waals surface area (Å²) in [6, 6.07) is 12.6. The highest BCUT2D eigenvalue weighted by Crippen LogP contribution is 2.28. The number of ether oxygens (including phenoxy) is 1. The molecule has 0 atom stereocenters. The SMILES string of the molecule is Cc1cccc(C(C)C)c1NC(=O)COc1ccc(C#N)cc1Cl. The molecule has 4 nitrogen and oxygen atoms in total. The van der Waals surface area contributed by atoms with E-state index in [1.54, 1.807) is 12.1 Å². The van der Waals surface area contributed by atoms with Crippen LogP contribution in [0.1, 0.15) is 36.5 Å². The van der Waals surface area contributed by atoms with E-state index in [1.807, 2.05) is 31.2 Å². The van der Waals surface area contributed by atoms with Gasteiger partial charge in [0, 0.05) is 5.69 Å². The standard InChI is InChI=1S/C19H19ClN2O2/c1-12(2)15-6-4-5-13(3)19(15)22-18(23)11-24-17-8-7-14(10-21)9-16(17)20/h4-9,12H,11H2,1-3H3,(H,22,23). The number of carbonyl (C=O) groups excluding carboxylic acids is 1. The number of aryl methyl sites for hydroxylation is 1. The van der Waals surface area contributed by atoms with Crippen LogP contribution >= 0.6 is 11.6 Å². The second-order valence-corrected chi connectivity index (χ2v) is 6.19. The van der Waals surface area contributed by atoms with Crippen LogP contribution in [-0.4, -0.2) is 12.5 Å². The first-order valence-electron chi connectivity index (χ1n) is 7.64. The number of para-hydroxylation sites is 1. The highest BCUT2D eigenvalue weighted by molar-refractivity contribution is 6.32. The van der Waals surface area contributed by atoms with E-state index < -0.39 is 0 Å². The maximum absolute atomic E-state index is 12.2. The summed E-state index contributed by atoms with van der Waals surface area (Å²) in [6.07, 6.45) is 0. The van der Waals surface area contributed by atoms with Crippen molar-refractivity contribution < 1.29 is 9.53 Å². The van der Waals surface area contributed by atoms with Crippen molar-refractivity contribution in [2.24, 2.45) is 0 Å².